The molecule has 0 atom stereocenters. The highest BCUT2D eigenvalue weighted by Gasteiger charge is 2.17. The zero-order valence-corrected chi connectivity index (χ0v) is 15.8. The van der Waals surface area contributed by atoms with Crippen molar-refractivity contribution >= 4 is 17.5 Å². The molecule has 0 spiro atoms. The third kappa shape index (κ3) is 4.40. The first-order chi connectivity index (χ1) is 13.5. The first-order valence-electron chi connectivity index (χ1n) is 8.54. The van der Waals surface area contributed by atoms with Gasteiger partial charge in [-0.1, -0.05) is 12.1 Å². The van der Waals surface area contributed by atoms with E-state index in [-0.39, 0.29) is 12.3 Å². The van der Waals surface area contributed by atoms with Crippen LogP contribution in [0.15, 0.2) is 48.8 Å². The Balaban J connectivity index is 1.76. The number of anilines is 2. The molecule has 28 heavy (non-hydrogen) atoms. The van der Waals surface area contributed by atoms with Crippen LogP contribution < -0.4 is 15.0 Å². The lowest BCUT2D eigenvalue weighted by Crippen LogP contribution is -2.19. The van der Waals surface area contributed by atoms with Gasteiger partial charge < -0.3 is 14.4 Å². The Morgan fingerprint density at radius 1 is 1.25 bits per heavy atom. The fourth-order valence-corrected chi connectivity index (χ4v) is 2.69. The van der Waals surface area contributed by atoms with E-state index in [1.807, 2.05) is 0 Å². The summed E-state index contributed by atoms with van der Waals surface area (Å²) in [6, 6.07) is 10.3. The van der Waals surface area contributed by atoms with Crippen molar-refractivity contribution in [1.82, 2.24) is 10.2 Å². The summed E-state index contributed by atoms with van der Waals surface area (Å²) in [5.74, 6) is 0.0954. The van der Waals surface area contributed by atoms with Crippen molar-refractivity contribution in [3.05, 3.63) is 60.2 Å². The largest absolute Gasteiger partial charge is 0.497 e. The molecule has 3 aromatic rings. The molecule has 1 amide bonds. The molecule has 0 unspecified atom stereocenters. The van der Waals surface area contributed by atoms with Crippen LogP contribution >= 0.6 is 0 Å². The molecule has 2 aromatic carbocycles. The molecule has 0 saturated heterocycles. The average molecular weight is 384 g/mol. The van der Waals surface area contributed by atoms with Gasteiger partial charge in [0.25, 0.3) is 0 Å². The van der Waals surface area contributed by atoms with Crippen LogP contribution in [0.4, 0.5) is 20.6 Å². The van der Waals surface area contributed by atoms with Crippen LogP contribution in [0, 0.1) is 5.82 Å². The quantitative estimate of drug-likeness (QED) is 0.671. The molecular formula is C20H21FN4O3. The molecule has 0 fully saturated rings. The van der Waals surface area contributed by atoms with Gasteiger partial charge in [0.15, 0.2) is 0 Å². The number of H-pyrrole nitrogens is 1. The van der Waals surface area contributed by atoms with Crippen LogP contribution in [0.3, 0.4) is 0 Å². The highest BCUT2D eigenvalue weighted by Crippen LogP contribution is 2.33. The number of aromatic nitrogens is 2. The second kappa shape index (κ2) is 8.43. The SMILES string of the molecule is COc1cccc(COC(=O)Nc2c(F)cc(-c3cn[nH]c3)cc2N(C)C)c1. The highest BCUT2D eigenvalue weighted by molar-refractivity contribution is 5.91. The summed E-state index contributed by atoms with van der Waals surface area (Å²) in [5.41, 5.74) is 2.71. The van der Waals surface area contributed by atoms with Crippen molar-refractivity contribution in [2.45, 2.75) is 6.61 Å². The molecule has 0 aliphatic heterocycles. The normalized spacial score (nSPS) is 10.4. The van der Waals surface area contributed by atoms with Crippen LogP contribution in [0.5, 0.6) is 5.75 Å². The third-order valence-electron chi connectivity index (χ3n) is 4.11. The maximum absolute atomic E-state index is 14.7. The summed E-state index contributed by atoms with van der Waals surface area (Å²) < 4.78 is 25.1. The number of halogens is 1. The zero-order chi connectivity index (χ0) is 20.1. The number of carbonyl (C=O) groups is 1. The van der Waals surface area contributed by atoms with Crippen LogP contribution in [0.25, 0.3) is 11.1 Å². The molecule has 2 N–H and O–H groups in total. The van der Waals surface area contributed by atoms with Gasteiger partial charge >= 0.3 is 6.09 Å². The topological polar surface area (TPSA) is 79.5 Å². The molecule has 0 radical (unpaired) electrons. The van der Waals surface area contributed by atoms with Crippen LogP contribution in [0.1, 0.15) is 5.56 Å². The Bertz CT molecular complexity index is 958. The Morgan fingerprint density at radius 2 is 2.07 bits per heavy atom. The Kier molecular flexibility index (Phi) is 5.78. The van der Waals surface area contributed by atoms with E-state index in [0.29, 0.717) is 17.0 Å². The number of hydrogen-bond acceptors (Lipinski definition) is 5. The molecule has 1 heterocycles. The van der Waals surface area contributed by atoms with Gasteiger partial charge in [-0.05, 0) is 35.4 Å². The minimum absolute atomic E-state index is 0.0368. The Morgan fingerprint density at radius 3 is 2.75 bits per heavy atom. The molecule has 8 heteroatoms. The van der Waals surface area contributed by atoms with Gasteiger partial charge in [-0.25, -0.2) is 9.18 Å². The number of methoxy groups -OCH3 is 1. The predicted molar refractivity (Wildman–Crippen MR) is 105 cm³/mol. The maximum atomic E-state index is 14.7. The number of nitrogens with zero attached hydrogens (tertiary/aromatic N) is 2. The van der Waals surface area contributed by atoms with Crippen molar-refractivity contribution in [2.24, 2.45) is 0 Å². The summed E-state index contributed by atoms with van der Waals surface area (Å²) in [4.78, 5) is 13.9. The minimum Gasteiger partial charge on any atom is -0.497 e. The van der Waals surface area contributed by atoms with E-state index in [4.69, 9.17) is 9.47 Å². The standard InChI is InChI=1S/C20H21FN4O3/c1-25(2)18-9-14(15-10-22-23-11-15)8-17(21)19(18)24-20(26)28-12-13-5-4-6-16(7-13)27-3/h4-11H,12H2,1-3H3,(H,22,23)(H,24,26). The molecule has 0 aliphatic rings. The molecule has 7 nitrogen and oxygen atoms in total. The van der Waals surface area contributed by atoms with Gasteiger partial charge in [0.1, 0.15) is 23.9 Å². The lowest BCUT2D eigenvalue weighted by atomic mass is 10.1. The summed E-state index contributed by atoms with van der Waals surface area (Å²) in [6.07, 6.45) is 2.52. The first-order valence-corrected chi connectivity index (χ1v) is 8.54. The van der Waals surface area contributed by atoms with E-state index < -0.39 is 11.9 Å². The predicted octanol–water partition coefficient (Wildman–Crippen LogP) is 4.04. The molecule has 0 saturated carbocycles. The highest BCUT2D eigenvalue weighted by atomic mass is 19.1. The first kappa shape index (κ1) is 19.2. The average Bonchev–Trinajstić information content (AvgIpc) is 3.22. The summed E-state index contributed by atoms with van der Waals surface area (Å²) in [5, 5.41) is 9.08. The second-order valence-corrected chi connectivity index (χ2v) is 6.29. The Labute approximate surface area is 162 Å². The Hall–Kier alpha value is -3.55. The lowest BCUT2D eigenvalue weighted by Gasteiger charge is -2.20. The van der Waals surface area contributed by atoms with E-state index in [1.165, 1.54) is 6.07 Å². The minimum atomic E-state index is -0.749. The molecule has 146 valence electrons. The van der Waals surface area contributed by atoms with Gasteiger partial charge in [0.05, 0.1) is 19.0 Å². The number of aromatic amines is 1. The van der Waals surface area contributed by atoms with Gasteiger partial charge in [-0.2, -0.15) is 5.10 Å². The second-order valence-electron chi connectivity index (χ2n) is 6.29. The van der Waals surface area contributed by atoms with Crippen LogP contribution in [-0.2, 0) is 11.3 Å². The number of rotatable bonds is 6. The summed E-state index contributed by atoms with van der Waals surface area (Å²) in [6.45, 7) is 0.0368. The van der Waals surface area contributed by atoms with E-state index >= 15 is 0 Å². The molecule has 0 bridgehead atoms. The summed E-state index contributed by atoms with van der Waals surface area (Å²) >= 11 is 0. The van der Waals surface area contributed by atoms with Crippen molar-refractivity contribution < 1.29 is 18.7 Å². The van der Waals surface area contributed by atoms with E-state index in [9.17, 15) is 9.18 Å². The number of nitrogens with one attached hydrogen (secondary N) is 2. The van der Waals surface area contributed by atoms with Crippen molar-refractivity contribution in [1.29, 1.82) is 0 Å². The molecule has 0 aliphatic carbocycles. The smallest absolute Gasteiger partial charge is 0.412 e. The monoisotopic (exact) mass is 384 g/mol. The molecule has 1 aromatic heterocycles. The lowest BCUT2D eigenvalue weighted by molar-refractivity contribution is 0.155. The number of benzene rings is 2. The van der Waals surface area contributed by atoms with Crippen molar-refractivity contribution in [3.63, 3.8) is 0 Å². The van der Waals surface area contributed by atoms with E-state index in [0.717, 1.165) is 11.1 Å². The number of amides is 1. The van der Waals surface area contributed by atoms with Crippen LogP contribution in [0.2, 0.25) is 0 Å². The van der Waals surface area contributed by atoms with E-state index in [1.54, 1.807) is 68.8 Å². The molecular weight excluding hydrogens is 363 g/mol. The number of ether oxygens (including phenoxy) is 2. The third-order valence-corrected chi connectivity index (χ3v) is 4.11. The fraction of sp³-hybridized carbons (Fsp3) is 0.200. The summed E-state index contributed by atoms with van der Waals surface area (Å²) in [7, 11) is 5.09. The van der Waals surface area contributed by atoms with Gasteiger partial charge in [0, 0.05) is 25.9 Å². The zero-order valence-electron chi connectivity index (χ0n) is 15.8. The van der Waals surface area contributed by atoms with E-state index in [2.05, 4.69) is 15.5 Å². The van der Waals surface area contributed by atoms with Crippen molar-refractivity contribution in [3.8, 4) is 16.9 Å². The van der Waals surface area contributed by atoms with Gasteiger partial charge in [0.2, 0.25) is 0 Å². The van der Waals surface area contributed by atoms with Crippen molar-refractivity contribution in [2.75, 3.05) is 31.4 Å². The fourth-order valence-electron chi connectivity index (χ4n) is 2.69. The number of carbonyl (C=O) groups excluding carboxylic acids is 1. The maximum Gasteiger partial charge on any atom is 0.412 e. The van der Waals surface area contributed by atoms with Crippen LogP contribution in [-0.4, -0.2) is 37.5 Å². The molecule has 3 rings (SSSR count). The van der Waals surface area contributed by atoms with Gasteiger partial charge in [-0.3, -0.25) is 10.4 Å². The number of hydrogen-bond donors (Lipinski definition) is 2. The van der Waals surface area contributed by atoms with Gasteiger partial charge in [-0.15, -0.1) is 0 Å².